The Hall–Kier alpha value is -1.59. The highest BCUT2D eigenvalue weighted by atomic mass is 16.3. The summed E-state index contributed by atoms with van der Waals surface area (Å²) < 4.78 is 5.40. The van der Waals surface area contributed by atoms with Gasteiger partial charge in [-0.1, -0.05) is 0 Å². The second-order valence-corrected chi connectivity index (χ2v) is 6.20. The molecule has 0 spiro atoms. The van der Waals surface area contributed by atoms with Crippen LogP contribution in [0, 0.1) is 6.92 Å². The molecule has 116 valence electrons. The number of furan rings is 1. The molecule has 1 amide bonds. The number of amides is 1. The quantitative estimate of drug-likeness (QED) is 0.855. The lowest BCUT2D eigenvalue weighted by molar-refractivity contribution is -0.128. The highest BCUT2D eigenvalue weighted by Gasteiger charge is 2.24. The van der Waals surface area contributed by atoms with Crippen molar-refractivity contribution in [2.24, 2.45) is 0 Å². The number of aryl methyl sites for hydroxylation is 1. The van der Waals surface area contributed by atoms with Crippen LogP contribution in [0.2, 0.25) is 0 Å². The van der Waals surface area contributed by atoms with E-state index in [0.717, 1.165) is 18.8 Å². The van der Waals surface area contributed by atoms with Gasteiger partial charge in [0.25, 0.3) is 0 Å². The number of carbonyl (C=O) groups excluding carboxylic acids is 1. The molecule has 1 aromatic rings. The Morgan fingerprint density at radius 3 is 2.52 bits per heavy atom. The summed E-state index contributed by atoms with van der Waals surface area (Å²) in [4.78, 5) is 16.1. The molecule has 0 radical (unpaired) electrons. The second kappa shape index (κ2) is 6.45. The van der Waals surface area contributed by atoms with E-state index in [1.807, 2.05) is 24.0 Å². The molecule has 0 unspecified atom stereocenters. The third kappa shape index (κ3) is 5.02. The Bertz CT molecular complexity index is 506. The van der Waals surface area contributed by atoms with Crippen LogP contribution in [-0.4, -0.2) is 59.1 Å². The molecule has 1 N–H and O–H groups in total. The number of hydrogen-bond acceptors (Lipinski definition) is 4. The van der Waals surface area contributed by atoms with Gasteiger partial charge < -0.3 is 14.4 Å². The molecule has 0 saturated carbocycles. The Labute approximate surface area is 125 Å². The molecule has 5 nitrogen and oxygen atoms in total. The number of aliphatic hydroxyl groups is 1. The minimum atomic E-state index is -0.691. The van der Waals surface area contributed by atoms with Crippen LogP contribution in [0.1, 0.15) is 25.4 Å². The summed E-state index contributed by atoms with van der Waals surface area (Å²) >= 11 is 0. The molecule has 21 heavy (non-hydrogen) atoms. The van der Waals surface area contributed by atoms with E-state index in [2.05, 4.69) is 4.90 Å². The Morgan fingerprint density at radius 1 is 1.33 bits per heavy atom. The van der Waals surface area contributed by atoms with Crippen molar-refractivity contribution >= 4 is 12.0 Å². The fourth-order valence-electron chi connectivity index (χ4n) is 2.48. The molecule has 1 aliphatic heterocycles. The van der Waals surface area contributed by atoms with Gasteiger partial charge in [0.05, 0.1) is 5.60 Å². The van der Waals surface area contributed by atoms with E-state index in [4.69, 9.17) is 4.42 Å². The van der Waals surface area contributed by atoms with E-state index >= 15 is 0 Å². The van der Waals surface area contributed by atoms with Crippen molar-refractivity contribution in [1.29, 1.82) is 0 Å². The maximum atomic E-state index is 12.1. The van der Waals surface area contributed by atoms with Crippen molar-refractivity contribution in [1.82, 2.24) is 9.80 Å². The van der Waals surface area contributed by atoms with Gasteiger partial charge in [-0.2, -0.15) is 0 Å². The summed E-state index contributed by atoms with van der Waals surface area (Å²) in [6, 6.07) is 3.72. The van der Waals surface area contributed by atoms with Crippen LogP contribution in [0.15, 0.2) is 22.6 Å². The number of β-amino-alcohol motifs (C(OH)–C–C–N with tert-alkyl or cyclic N) is 1. The molecule has 0 atom stereocenters. The van der Waals surface area contributed by atoms with Crippen molar-refractivity contribution in [3.05, 3.63) is 29.7 Å². The van der Waals surface area contributed by atoms with Gasteiger partial charge in [-0.05, 0) is 39.0 Å². The zero-order valence-corrected chi connectivity index (χ0v) is 13.0. The maximum absolute atomic E-state index is 12.1. The highest BCUT2D eigenvalue weighted by Crippen LogP contribution is 2.11. The van der Waals surface area contributed by atoms with Crippen LogP contribution in [0.3, 0.4) is 0 Å². The first kappa shape index (κ1) is 15.8. The van der Waals surface area contributed by atoms with Crippen molar-refractivity contribution in [2.45, 2.75) is 26.4 Å². The zero-order chi connectivity index (χ0) is 15.5. The number of carbonyl (C=O) groups is 1. The van der Waals surface area contributed by atoms with E-state index in [1.165, 1.54) is 0 Å². The lowest BCUT2D eigenvalue weighted by atomic mass is 10.1. The smallest absolute Gasteiger partial charge is 0.246 e. The second-order valence-electron chi connectivity index (χ2n) is 6.20. The van der Waals surface area contributed by atoms with E-state index in [9.17, 15) is 9.90 Å². The normalized spacial score (nSPS) is 17.6. The largest absolute Gasteiger partial charge is 0.462 e. The highest BCUT2D eigenvalue weighted by molar-refractivity contribution is 5.91. The van der Waals surface area contributed by atoms with E-state index < -0.39 is 5.60 Å². The summed E-state index contributed by atoms with van der Waals surface area (Å²) in [6.07, 6.45) is 3.27. The van der Waals surface area contributed by atoms with Crippen LogP contribution in [0.5, 0.6) is 0 Å². The minimum absolute atomic E-state index is 0.00645. The van der Waals surface area contributed by atoms with Gasteiger partial charge in [-0.25, -0.2) is 0 Å². The predicted molar refractivity (Wildman–Crippen MR) is 81.8 cm³/mol. The molecule has 1 aliphatic rings. The number of nitrogens with zero attached hydrogens (tertiary/aromatic N) is 2. The average molecular weight is 292 g/mol. The molecule has 1 aromatic heterocycles. The van der Waals surface area contributed by atoms with Gasteiger partial charge in [0.1, 0.15) is 11.5 Å². The molecule has 0 bridgehead atoms. The van der Waals surface area contributed by atoms with Crippen molar-refractivity contribution in [3.8, 4) is 0 Å². The molecule has 2 rings (SSSR count). The Morgan fingerprint density at radius 2 is 2.00 bits per heavy atom. The Balaban J connectivity index is 1.82. The maximum Gasteiger partial charge on any atom is 0.246 e. The molecule has 1 saturated heterocycles. The van der Waals surface area contributed by atoms with Crippen LogP contribution < -0.4 is 0 Å². The van der Waals surface area contributed by atoms with Gasteiger partial charge in [-0.15, -0.1) is 0 Å². The molecular weight excluding hydrogens is 268 g/mol. The number of piperazine rings is 1. The molecule has 0 aliphatic carbocycles. The molecule has 5 heteroatoms. The molecule has 0 aromatic carbocycles. The predicted octanol–water partition coefficient (Wildman–Crippen LogP) is 1.52. The summed E-state index contributed by atoms with van der Waals surface area (Å²) in [5.74, 6) is 1.54. The molecular formula is C16H24N2O3. The first-order chi connectivity index (χ1) is 9.83. The summed E-state index contributed by atoms with van der Waals surface area (Å²) in [6.45, 7) is 9.09. The number of rotatable bonds is 4. The van der Waals surface area contributed by atoms with Crippen LogP contribution >= 0.6 is 0 Å². The van der Waals surface area contributed by atoms with Gasteiger partial charge in [0, 0.05) is 38.8 Å². The zero-order valence-electron chi connectivity index (χ0n) is 13.0. The van der Waals surface area contributed by atoms with E-state index in [1.54, 1.807) is 26.0 Å². The Kier molecular flexibility index (Phi) is 4.85. The van der Waals surface area contributed by atoms with Crippen molar-refractivity contribution in [3.63, 3.8) is 0 Å². The van der Waals surface area contributed by atoms with Crippen LogP contribution in [0.4, 0.5) is 0 Å². The van der Waals surface area contributed by atoms with E-state index in [-0.39, 0.29) is 5.91 Å². The standard InChI is InChI=1S/C16H24N2O3/c1-13-4-5-14(21-13)6-7-15(19)18-10-8-17(9-11-18)12-16(2,3)20/h4-7,20H,8-12H2,1-3H3. The molecule has 1 fully saturated rings. The molecule has 2 heterocycles. The number of hydrogen-bond donors (Lipinski definition) is 1. The van der Waals surface area contributed by atoms with Gasteiger partial charge in [-0.3, -0.25) is 9.69 Å². The van der Waals surface area contributed by atoms with Gasteiger partial charge in [0.2, 0.25) is 5.91 Å². The fourth-order valence-corrected chi connectivity index (χ4v) is 2.48. The summed E-state index contributed by atoms with van der Waals surface area (Å²) in [5.41, 5.74) is -0.691. The van der Waals surface area contributed by atoms with Crippen LogP contribution in [-0.2, 0) is 4.79 Å². The topological polar surface area (TPSA) is 56.9 Å². The minimum Gasteiger partial charge on any atom is -0.462 e. The lowest BCUT2D eigenvalue weighted by Crippen LogP contribution is -2.51. The monoisotopic (exact) mass is 292 g/mol. The first-order valence-electron chi connectivity index (χ1n) is 7.32. The summed E-state index contributed by atoms with van der Waals surface area (Å²) in [5, 5.41) is 9.81. The third-order valence-corrected chi connectivity index (χ3v) is 3.45. The van der Waals surface area contributed by atoms with Crippen LogP contribution in [0.25, 0.3) is 6.08 Å². The van der Waals surface area contributed by atoms with E-state index in [0.29, 0.717) is 25.4 Å². The first-order valence-corrected chi connectivity index (χ1v) is 7.32. The summed E-state index contributed by atoms with van der Waals surface area (Å²) in [7, 11) is 0. The SMILES string of the molecule is Cc1ccc(C=CC(=O)N2CCN(CC(C)(C)O)CC2)o1. The third-order valence-electron chi connectivity index (χ3n) is 3.45. The van der Waals surface area contributed by atoms with Crippen molar-refractivity contribution in [2.75, 3.05) is 32.7 Å². The van der Waals surface area contributed by atoms with Gasteiger partial charge >= 0.3 is 0 Å². The average Bonchev–Trinajstić information content (AvgIpc) is 2.81. The lowest BCUT2D eigenvalue weighted by Gasteiger charge is -2.36. The van der Waals surface area contributed by atoms with Crippen molar-refractivity contribution < 1.29 is 14.3 Å². The van der Waals surface area contributed by atoms with Gasteiger partial charge in [0.15, 0.2) is 0 Å². The fraction of sp³-hybridized carbons (Fsp3) is 0.562.